The molecular formula is C44H57BrCl2N2O4S2. The molecule has 6 rings (SSSR count). The van der Waals surface area contributed by atoms with Crippen molar-refractivity contribution < 1.29 is 19.1 Å². The van der Waals surface area contributed by atoms with E-state index in [1.54, 1.807) is 4.88 Å². The minimum atomic E-state index is -0.501. The van der Waals surface area contributed by atoms with Crippen LogP contribution < -0.4 is 5.32 Å². The summed E-state index contributed by atoms with van der Waals surface area (Å²) in [7, 11) is 0. The first-order chi connectivity index (χ1) is 26.3. The van der Waals surface area contributed by atoms with E-state index < -0.39 is 10.8 Å². The number of alkyl halides is 1. The van der Waals surface area contributed by atoms with E-state index in [0.717, 1.165) is 79.5 Å². The van der Waals surface area contributed by atoms with Gasteiger partial charge in [-0.1, -0.05) is 75.5 Å². The first-order valence-corrected chi connectivity index (χ1v) is 22.7. The fourth-order valence-corrected chi connectivity index (χ4v) is 9.80. The van der Waals surface area contributed by atoms with Crippen molar-refractivity contribution in [1.82, 2.24) is 10.2 Å². The molecule has 4 aromatic rings. The van der Waals surface area contributed by atoms with Crippen molar-refractivity contribution in [2.45, 2.75) is 104 Å². The normalized spacial score (nSPS) is 15.2. The average Bonchev–Trinajstić information content (AvgIpc) is 3.85. The van der Waals surface area contributed by atoms with Crippen LogP contribution in [0.4, 0.5) is 0 Å². The lowest BCUT2D eigenvalue weighted by Gasteiger charge is -2.36. The summed E-state index contributed by atoms with van der Waals surface area (Å²) >= 11 is 20.1. The Bertz CT molecular complexity index is 1790. The quantitative estimate of drug-likeness (QED) is 0.107. The van der Waals surface area contributed by atoms with Crippen LogP contribution in [-0.4, -0.2) is 43.1 Å². The summed E-state index contributed by atoms with van der Waals surface area (Å²) in [5, 5.41) is 9.24. The molecule has 0 saturated carbocycles. The number of carbonyl (C=O) groups is 2. The van der Waals surface area contributed by atoms with Gasteiger partial charge in [-0.2, -0.15) is 0 Å². The van der Waals surface area contributed by atoms with Crippen molar-refractivity contribution >= 4 is 73.7 Å². The van der Waals surface area contributed by atoms with E-state index in [0.29, 0.717) is 13.2 Å². The molecule has 55 heavy (non-hydrogen) atoms. The molecule has 2 aliphatic heterocycles. The van der Waals surface area contributed by atoms with Crippen molar-refractivity contribution in [1.29, 1.82) is 0 Å². The maximum Gasteiger partial charge on any atom is 0.311 e. The number of esters is 2. The summed E-state index contributed by atoms with van der Waals surface area (Å²) in [6.07, 6.45) is 5.51. The zero-order chi connectivity index (χ0) is 40.0. The number of nitrogens with one attached hydrogen (secondary N) is 1. The fourth-order valence-electron chi connectivity index (χ4n) is 6.71. The summed E-state index contributed by atoms with van der Waals surface area (Å²) in [6, 6.07) is 20.5. The second kappa shape index (κ2) is 22.1. The van der Waals surface area contributed by atoms with Gasteiger partial charge in [0.15, 0.2) is 0 Å². The highest BCUT2D eigenvalue weighted by Gasteiger charge is 2.33. The van der Waals surface area contributed by atoms with Gasteiger partial charge < -0.3 is 14.8 Å². The zero-order valence-electron chi connectivity index (χ0n) is 33.1. The minimum Gasteiger partial charge on any atom is -0.466 e. The van der Waals surface area contributed by atoms with Gasteiger partial charge in [-0.25, -0.2) is 0 Å². The first kappa shape index (κ1) is 45.5. The second-order valence-electron chi connectivity index (χ2n) is 15.2. The van der Waals surface area contributed by atoms with Crippen LogP contribution in [0.1, 0.15) is 110 Å². The van der Waals surface area contributed by atoms with Crippen LogP contribution in [0.25, 0.3) is 0 Å². The van der Waals surface area contributed by atoms with Gasteiger partial charge in [0.05, 0.1) is 24.0 Å². The van der Waals surface area contributed by atoms with Gasteiger partial charge >= 0.3 is 11.9 Å². The third-order valence-corrected chi connectivity index (χ3v) is 13.9. The summed E-state index contributed by atoms with van der Waals surface area (Å²) in [5.41, 5.74) is 4.17. The lowest BCUT2D eigenvalue weighted by Crippen LogP contribution is -2.35. The molecule has 11 heteroatoms. The minimum absolute atomic E-state index is 0.123. The van der Waals surface area contributed by atoms with E-state index in [2.05, 4.69) is 55.1 Å². The van der Waals surface area contributed by atoms with Crippen molar-refractivity contribution in [2.24, 2.45) is 10.8 Å². The number of thiophene rings is 2. The number of hydrogen-bond donors (Lipinski definition) is 1. The number of ether oxygens (including phenoxy) is 2. The molecule has 0 radical (unpaired) electrons. The van der Waals surface area contributed by atoms with Crippen molar-refractivity contribution in [3.05, 3.63) is 113 Å². The van der Waals surface area contributed by atoms with Crippen molar-refractivity contribution in [2.75, 3.05) is 26.3 Å². The van der Waals surface area contributed by atoms with E-state index in [1.807, 2.05) is 107 Å². The van der Waals surface area contributed by atoms with Crippen LogP contribution in [0.5, 0.6) is 0 Å². The highest BCUT2D eigenvalue weighted by molar-refractivity contribution is 9.09. The Balaban J connectivity index is 0.000000207. The fraction of sp³-hybridized carbons (Fsp3) is 0.500. The number of nitrogens with zero attached hydrogens (tertiary/aromatic N) is 1. The molecule has 2 aromatic heterocycles. The number of rotatable bonds is 13. The smallest absolute Gasteiger partial charge is 0.311 e. The summed E-state index contributed by atoms with van der Waals surface area (Å²) in [6.45, 7) is 16.5. The SMILES string of the molecule is CCOC(=O)C(C)(C)CCC(Br)c1ccccc1Cl.CCOC(=O)C(C)(C)CCC(c1ccccc1Cl)N1CCc2sccc2C1.c1cc2c(s1)CCNC2. The Morgan fingerprint density at radius 1 is 0.782 bits per heavy atom. The van der Waals surface area contributed by atoms with Crippen LogP contribution in [0.2, 0.25) is 10.0 Å². The molecule has 4 heterocycles. The summed E-state index contributed by atoms with van der Waals surface area (Å²) < 4.78 is 10.4. The Labute approximate surface area is 355 Å². The Morgan fingerprint density at radius 2 is 1.31 bits per heavy atom. The van der Waals surface area contributed by atoms with E-state index >= 15 is 0 Å². The highest BCUT2D eigenvalue weighted by atomic mass is 79.9. The van der Waals surface area contributed by atoms with Gasteiger partial charge in [0.25, 0.3) is 0 Å². The highest BCUT2D eigenvalue weighted by Crippen LogP contribution is 2.39. The van der Waals surface area contributed by atoms with Gasteiger partial charge in [-0.05, 0) is 137 Å². The zero-order valence-corrected chi connectivity index (χ0v) is 37.8. The van der Waals surface area contributed by atoms with Crippen LogP contribution in [0.3, 0.4) is 0 Å². The molecular weight excluding hydrogens is 835 g/mol. The molecule has 0 fully saturated rings. The van der Waals surface area contributed by atoms with Gasteiger partial charge in [0.1, 0.15) is 0 Å². The Kier molecular flexibility index (Phi) is 18.2. The van der Waals surface area contributed by atoms with Crippen LogP contribution in [0.15, 0.2) is 71.4 Å². The Hall–Kier alpha value is -2.24. The predicted octanol–water partition coefficient (Wildman–Crippen LogP) is 12.4. The molecule has 300 valence electrons. The topological polar surface area (TPSA) is 67.9 Å². The number of halogens is 3. The van der Waals surface area contributed by atoms with E-state index in [4.69, 9.17) is 32.7 Å². The number of hydrogen-bond acceptors (Lipinski definition) is 8. The number of fused-ring (bicyclic) bond motifs is 2. The monoisotopic (exact) mass is 890 g/mol. The van der Waals surface area contributed by atoms with Crippen LogP contribution in [0, 0.1) is 10.8 Å². The van der Waals surface area contributed by atoms with Crippen molar-refractivity contribution in [3.8, 4) is 0 Å². The third kappa shape index (κ3) is 13.4. The molecule has 2 atom stereocenters. The lowest BCUT2D eigenvalue weighted by molar-refractivity contribution is -0.154. The molecule has 0 bridgehead atoms. The number of carbonyl (C=O) groups excluding carboxylic acids is 2. The van der Waals surface area contributed by atoms with Gasteiger partial charge in [0, 0.05) is 56.8 Å². The first-order valence-electron chi connectivity index (χ1n) is 19.3. The molecule has 6 nitrogen and oxygen atoms in total. The standard InChI is InChI=1S/C22H28ClNO2S.C15H20BrClO2.C7H9NS/c1-4-26-21(25)22(2,3)12-9-19(17-7-5-6-8-18(17)23)24-13-10-20-16(15-24)11-14-27-20;1-4-19-14(18)15(2,3)10-9-12(16)11-7-5-6-8-13(11)17;1-3-8-5-6-2-4-9-7(1)6/h5-8,11,14,19H,4,9-10,12-13,15H2,1-3H3;5-8,12H,4,9-10H2,1-3H3;2,4,8H,1,3,5H2. The van der Waals surface area contributed by atoms with Gasteiger partial charge in [-0.3, -0.25) is 14.5 Å². The molecule has 0 amide bonds. The molecule has 1 N–H and O–H groups in total. The molecule has 2 aromatic carbocycles. The van der Waals surface area contributed by atoms with Crippen molar-refractivity contribution in [3.63, 3.8) is 0 Å². The third-order valence-electron chi connectivity index (χ3n) is 10.2. The van der Waals surface area contributed by atoms with Gasteiger partial charge in [-0.15, -0.1) is 22.7 Å². The molecule has 0 saturated heterocycles. The molecule has 0 aliphatic carbocycles. The summed E-state index contributed by atoms with van der Waals surface area (Å²) in [5.74, 6) is -0.268. The lowest BCUT2D eigenvalue weighted by atomic mass is 9.84. The predicted molar refractivity (Wildman–Crippen MR) is 235 cm³/mol. The van der Waals surface area contributed by atoms with E-state index in [1.165, 1.54) is 22.4 Å². The maximum absolute atomic E-state index is 12.3. The van der Waals surface area contributed by atoms with Gasteiger partial charge in [0.2, 0.25) is 0 Å². The Morgan fingerprint density at radius 3 is 1.87 bits per heavy atom. The van der Waals surface area contributed by atoms with E-state index in [-0.39, 0.29) is 22.8 Å². The maximum atomic E-state index is 12.3. The van der Waals surface area contributed by atoms with E-state index in [9.17, 15) is 9.59 Å². The van der Waals surface area contributed by atoms with Crippen LogP contribution in [-0.2, 0) is 45.0 Å². The number of benzene rings is 2. The molecule has 2 aliphatic rings. The molecule has 2 unspecified atom stereocenters. The largest absolute Gasteiger partial charge is 0.466 e. The van der Waals surface area contributed by atoms with Crippen LogP contribution >= 0.6 is 61.8 Å². The summed E-state index contributed by atoms with van der Waals surface area (Å²) in [4.78, 5) is 29.9. The average molecular weight is 893 g/mol. The molecule has 0 spiro atoms. The second-order valence-corrected chi connectivity index (χ2v) is 19.1.